The minimum atomic E-state index is -0.267. The molecule has 1 heterocycles. The van der Waals surface area contributed by atoms with E-state index in [1.807, 2.05) is 56.6 Å². The van der Waals surface area contributed by atoms with Crippen molar-refractivity contribution in [1.29, 1.82) is 0 Å². The van der Waals surface area contributed by atoms with Crippen LogP contribution in [0.25, 0.3) is 11.3 Å². The van der Waals surface area contributed by atoms with Crippen LogP contribution in [0.3, 0.4) is 0 Å². The van der Waals surface area contributed by atoms with Crippen molar-refractivity contribution in [2.24, 2.45) is 0 Å². The summed E-state index contributed by atoms with van der Waals surface area (Å²) in [5, 5.41) is 7.45. The van der Waals surface area contributed by atoms with Crippen LogP contribution >= 0.6 is 11.6 Å². The SMILES string of the molecule is CN(C)C(CNC(=O)c1cc(-c2ccc(Cl)cc2)on1)c1ccccc1. The van der Waals surface area contributed by atoms with Crippen molar-refractivity contribution in [3.05, 3.63) is 76.9 Å². The third-order valence-electron chi connectivity index (χ3n) is 4.14. The molecular weight excluding hydrogens is 350 g/mol. The van der Waals surface area contributed by atoms with E-state index in [-0.39, 0.29) is 17.6 Å². The Kier molecular flexibility index (Phi) is 5.71. The van der Waals surface area contributed by atoms with Gasteiger partial charge < -0.3 is 14.7 Å². The van der Waals surface area contributed by atoms with Crippen LogP contribution in [0.5, 0.6) is 0 Å². The Hall–Kier alpha value is -2.63. The van der Waals surface area contributed by atoms with Crippen molar-refractivity contribution >= 4 is 17.5 Å². The Bertz CT molecular complexity index is 860. The molecule has 3 rings (SSSR count). The molecule has 0 bridgehead atoms. The lowest BCUT2D eigenvalue weighted by molar-refractivity contribution is 0.0933. The number of rotatable bonds is 6. The Balaban J connectivity index is 1.67. The molecule has 0 aliphatic carbocycles. The van der Waals surface area contributed by atoms with Crippen LogP contribution in [0.1, 0.15) is 22.1 Å². The average molecular weight is 370 g/mol. The summed E-state index contributed by atoms with van der Waals surface area (Å²) in [6, 6.07) is 18.9. The van der Waals surface area contributed by atoms with Crippen molar-refractivity contribution < 1.29 is 9.32 Å². The number of aromatic nitrogens is 1. The number of nitrogens with zero attached hydrogens (tertiary/aromatic N) is 2. The number of carbonyl (C=O) groups is 1. The highest BCUT2D eigenvalue weighted by Gasteiger charge is 2.18. The number of nitrogens with one attached hydrogen (secondary N) is 1. The van der Waals surface area contributed by atoms with E-state index in [1.54, 1.807) is 18.2 Å². The van der Waals surface area contributed by atoms with Gasteiger partial charge in [-0.3, -0.25) is 4.79 Å². The van der Waals surface area contributed by atoms with Crippen LogP contribution in [0.15, 0.2) is 65.2 Å². The number of hydrogen-bond acceptors (Lipinski definition) is 4. The first-order valence-electron chi connectivity index (χ1n) is 8.27. The molecule has 3 aromatic rings. The van der Waals surface area contributed by atoms with Crippen molar-refractivity contribution in [3.63, 3.8) is 0 Å². The first kappa shape index (κ1) is 18.2. The molecule has 1 amide bonds. The topological polar surface area (TPSA) is 58.4 Å². The maximum absolute atomic E-state index is 12.4. The van der Waals surface area contributed by atoms with Crippen molar-refractivity contribution in [1.82, 2.24) is 15.4 Å². The molecule has 6 heteroatoms. The van der Waals surface area contributed by atoms with Gasteiger partial charge >= 0.3 is 0 Å². The summed E-state index contributed by atoms with van der Waals surface area (Å²) in [5.41, 5.74) is 2.21. The number of hydrogen-bond donors (Lipinski definition) is 1. The van der Waals surface area contributed by atoms with E-state index in [0.29, 0.717) is 17.3 Å². The average Bonchev–Trinajstić information content (AvgIpc) is 3.13. The summed E-state index contributed by atoms with van der Waals surface area (Å²) >= 11 is 5.89. The van der Waals surface area contributed by atoms with E-state index < -0.39 is 0 Å². The summed E-state index contributed by atoms with van der Waals surface area (Å²) < 4.78 is 5.29. The van der Waals surface area contributed by atoms with Gasteiger partial charge in [-0.25, -0.2) is 0 Å². The maximum Gasteiger partial charge on any atom is 0.273 e. The summed E-state index contributed by atoms with van der Waals surface area (Å²) in [7, 11) is 3.97. The van der Waals surface area contributed by atoms with Crippen LogP contribution in [0, 0.1) is 0 Å². The Labute approximate surface area is 157 Å². The van der Waals surface area contributed by atoms with Gasteiger partial charge in [-0.2, -0.15) is 0 Å². The van der Waals surface area contributed by atoms with Crippen molar-refractivity contribution in [2.75, 3.05) is 20.6 Å². The van der Waals surface area contributed by atoms with Gasteiger partial charge in [0.15, 0.2) is 11.5 Å². The lowest BCUT2D eigenvalue weighted by atomic mass is 10.1. The van der Waals surface area contributed by atoms with Crippen molar-refractivity contribution in [3.8, 4) is 11.3 Å². The lowest BCUT2D eigenvalue weighted by Crippen LogP contribution is -2.34. The van der Waals surface area contributed by atoms with E-state index in [1.165, 1.54) is 0 Å². The molecule has 1 unspecified atom stereocenters. The largest absolute Gasteiger partial charge is 0.355 e. The highest BCUT2D eigenvalue weighted by atomic mass is 35.5. The molecule has 2 aromatic carbocycles. The third-order valence-corrected chi connectivity index (χ3v) is 4.39. The second-order valence-electron chi connectivity index (χ2n) is 6.18. The molecule has 5 nitrogen and oxygen atoms in total. The van der Waals surface area contributed by atoms with Gasteiger partial charge in [0.1, 0.15) is 0 Å². The molecule has 26 heavy (non-hydrogen) atoms. The number of benzene rings is 2. The molecule has 1 aromatic heterocycles. The van der Waals surface area contributed by atoms with Gasteiger partial charge in [-0.15, -0.1) is 0 Å². The van der Waals surface area contributed by atoms with E-state index in [2.05, 4.69) is 15.4 Å². The zero-order chi connectivity index (χ0) is 18.5. The molecule has 0 aliphatic heterocycles. The molecule has 0 spiro atoms. The minimum absolute atomic E-state index is 0.0720. The molecule has 0 saturated heterocycles. The number of halogens is 1. The Morgan fingerprint density at radius 3 is 2.50 bits per heavy atom. The minimum Gasteiger partial charge on any atom is -0.355 e. The molecule has 0 aliphatic rings. The van der Waals surface area contributed by atoms with Gasteiger partial charge in [0.25, 0.3) is 5.91 Å². The van der Waals surface area contributed by atoms with Gasteiger partial charge in [0.05, 0.1) is 6.04 Å². The third kappa shape index (κ3) is 4.31. The number of carbonyl (C=O) groups excluding carboxylic acids is 1. The standard InChI is InChI=1S/C20H20ClN3O2/c1-24(2)18(14-6-4-3-5-7-14)13-22-20(25)17-12-19(26-23-17)15-8-10-16(21)11-9-15/h3-12,18H,13H2,1-2H3,(H,22,25). The van der Waals surface area contributed by atoms with Crippen LogP contribution in [-0.2, 0) is 0 Å². The Morgan fingerprint density at radius 2 is 1.85 bits per heavy atom. The van der Waals surface area contributed by atoms with Gasteiger partial charge in [-0.1, -0.05) is 47.1 Å². The van der Waals surface area contributed by atoms with Crippen LogP contribution in [0.2, 0.25) is 5.02 Å². The summed E-state index contributed by atoms with van der Waals surface area (Å²) in [5.74, 6) is 0.260. The molecule has 1 N–H and O–H groups in total. The quantitative estimate of drug-likeness (QED) is 0.712. The molecule has 1 atom stereocenters. The molecular formula is C20H20ClN3O2. The Morgan fingerprint density at radius 1 is 1.15 bits per heavy atom. The van der Waals surface area contributed by atoms with Crippen LogP contribution < -0.4 is 5.32 Å². The maximum atomic E-state index is 12.4. The number of amides is 1. The lowest BCUT2D eigenvalue weighted by Gasteiger charge is -2.24. The first-order chi connectivity index (χ1) is 12.5. The normalized spacial score (nSPS) is 12.2. The highest BCUT2D eigenvalue weighted by Crippen LogP contribution is 2.22. The number of likely N-dealkylation sites (N-methyl/N-ethyl adjacent to an activating group) is 1. The van der Waals surface area contributed by atoms with Gasteiger partial charge in [0.2, 0.25) is 0 Å². The van der Waals surface area contributed by atoms with E-state index in [0.717, 1.165) is 11.1 Å². The predicted octanol–water partition coefficient (Wildman–Crippen LogP) is 4.03. The fourth-order valence-corrected chi connectivity index (χ4v) is 2.81. The first-order valence-corrected chi connectivity index (χ1v) is 8.64. The molecule has 134 valence electrons. The van der Waals surface area contributed by atoms with Gasteiger partial charge in [-0.05, 0) is 43.9 Å². The smallest absolute Gasteiger partial charge is 0.273 e. The second-order valence-corrected chi connectivity index (χ2v) is 6.62. The predicted molar refractivity (Wildman–Crippen MR) is 102 cm³/mol. The monoisotopic (exact) mass is 369 g/mol. The zero-order valence-electron chi connectivity index (χ0n) is 14.6. The molecule has 0 fully saturated rings. The highest BCUT2D eigenvalue weighted by molar-refractivity contribution is 6.30. The fourth-order valence-electron chi connectivity index (χ4n) is 2.69. The van der Waals surface area contributed by atoms with E-state index in [9.17, 15) is 4.79 Å². The summed E-state index contributed by atoms with van der Waals surface area (Å²) in [6.45, 7) is 0.471. The fraction of sp³-hybridized carbons (Fsp3) is 0.200. The van der Waals surface area contributed by atoms with Crippen LogP contribution in [0.4, 0.5) is 0 Å². The van der Waals surface area contributed by atoms with Crippen LogP contribution in [-0.4, -0.2) is 36.6 Å². The summed E-state index contributed by atoms with van der Waals surface area (Å²) in [4.78, 5) is 14.5. The zero-order valence-corrected chi connectivity index (χ0v) is 15.4. The second kappa shape index (κ2) is 8.17. The molecule has 0 saturated carbocycles. The van der Waals surface area contributed by atoms with Crippen molar-refractivity contribution in [2.45, 2.75) is 6.04 Å². The van der Waals surface area contributed by atoms with E-state index >= 15 is 0 Å². The van der Waals surface area contributed by atoms with E-state index in [4.69, 9.17) is 16.1 Å². The summed E-state index contributed by atoms with van der Waals surface area (Å²) in [6.07, 6.45) is 0. The molecule has 0 radical (unpaired) electrons. The van der Waals surface area contributed by atoms with Gasteiger partial charge in [0, 0.05) is 23.2 Å².